The molecule has 1 fully saturated rings. The summed E-state index contributed by atoms with van der Waals surface area (Å²) < 4.78 is 70.4. The number of esters is 1. The molecule has 0 spiro atoms. The van der Waals surface area contributed by atoms with E-state index >= 15 is 0 Å². The Bertz CT molecular complexity index is 1130. The molecule has 0 aliphatic carbocycles. The molecule has 34 heavy (non-hydrogen) atoms. The maximum Gasteiger partial charge on any atom is 0.416 e. The molecular formula is C23H25F3N2O5S. The predicted molar refractivity (Wildman–Crippen MR) is 118 cm³/mol. The van der Waals surface area contributed by atoms with Crippen molar-refractivity contribution in [3.63, 3.8) is 0 Å². The average molecular weight is 499 g/mol. The van der Waals surface area contributed by atoms with Gasteiger partial charge >= 0.3 is 12.1 Å². The van der Waals surface area contributed by atoms with Crippen LogP contribution in [0.3, 0.4) is 0 Å². The van der Waals surface area contributed by atoms with Crippen LogP contribution >= 0.6 is 0 Å². The van der Waals surface area contributed by atoms with Gasteiger partial charge in [0.2, 0.25) is 10.0 Å². The molecule has 11 heteroatoms. The molecule has 3 rings (SSSR count). The van der Waals surface area contributed by atoms with Gasteiger partial charge in [-0.3, -0.25) is 9.59 Å². The molecule has 0 saturated carbocycles. The smallest absolute Gasteiger partial charge is 0.416 e. The van der Waals surface area contributed by atoms with E-state index in [-0.39, 0.29) is 25.9 Å². The number of ether oxygens (including phenoxy) is 1. The highest BCUT2D eigenvalue weighted by Crippen LogP contribution is 2.32. The van der Waals surface area contributed by atoms with E-state index in [1.54, 1.807) is 12.1 Å². The summed E-state index contributed by atoms with van der Waals surface area (Å²) in [5.74, 6) is -1.72. The number of anilines is 1. The molecule has 0 atom stereocenters. The first-order valence-corrected chi connectivity index (χ1v) is 12.2. The number of aryl methyl sites for hydroxylation is 1. The molecule has 0 radical (unpaired) electrons. The van der Waals surface area contributed by atoms with Crippen molar-refractivity contribution in [3.8, 4) is 0 Å². The topological polar surface area (TPSA) is 92.8 Å². The molecule has 1 amide bonds. The third-order valence-corrected chi connectivity index (χ3v) is 7.47. The summed E-state index contributed by atoms with van der Waals surface area (Å²) in [6.45, 7) is 1.44. The van der Waals surface area contributed by atoms with Crippen molar-refractivity contribution in [1.29, 1.82) is 0 Å². The predicted octanol–water partition coefficient (Wildman–Crippen LogP) is 3.85. The van der Waals surface area contributed by atoms with Crippen molar-refractivity contribution in [2.24, 2.45) is 5.92 Å². The van der Waals surface area contributed by atoms with Gasteiger partial charge in [-0.25, -0.2) is 8.42 Å². The quantitative estimate of drug-likeness (QED) is 0.586. The standard InChI is InChI=1S/C23H25F3N2O5S/c1-2-16-6-8-19(9-7-16)27-21(29)15-33-22(30)17-10-12-28(13-11-17)34(31,32)20-5-3-4-18(14-20)23(24,25)26/h3-9,14,17H,2,10-13,15H2,1H3,(H,27,29). The highest BCUT2D eigenvalue weighted by Gasteiger charge is 2.35. The van der Waals surface area contributed by atoms with Crippen LogP contribution in [-0.2, 0) is 36.9 Å². The lowest BCUT2D eigenvalue weighted by atomic mass is 9.98. The molecule has 1 heterocycles. The third-order valence-electron chi connectivity index (χ3n) is 5.58. The van der Waals surface area contributed by atoms with Crippen LogP contribution in [0.2, 0.25) is 0 Å². The first kappa shape index (κ1) is 25.7. The molecule has 1 aliphatic rings. The van der Waals surface area contributed by atoms with E-state index < -0.39 is 51.1 Å². The summed E-state index contributed by atoms with van der Waals surface area (Å²) in [7, 11) is -4.14. The number of benzene rings is 2. The number of nitrogens with zero attached hydrogens (tertiary/aromatic N) is 1. The third kappa shape index (κ3) is 6.35. The lowest BCUT2D eigenvalue weighted by Crippen LogP contribution is -2.41. The van der Waals surface area contributed by atoms with Gasteiger partial charge < -0.3 is 10.1 Å². The Labute approximate surface area is 196 Å². The summed E-state index contributed by atoms with van der Waals surface area (Å²) in [6.07, 6.45) is -3.52. The molecule has 1 saturated heterocycles. The number of carbonyl (C=O) groups excluding carboxylic acids is 2. The molecule has 2 aromatic carbocycles. The zero-order valence-electron chi connectivity index (χ0n) is 18.5. The molecule has 0 bridgehead atoms. The van der Waals surface area contributed by atoms with Gasteiger partial charge in [-0.2, -0.15) is 17.5 Å². The largest absolute Gasteiger partial charge is 0.455 e. The molecule has 1 aliphatic heterocycles. The van der Waals surface area contributed by atoms with E-state index in [0.29, 0.717) is 11.8 Å². The number of piperidine rings is 1. The zero-order valence-corrected chi connectivity index (χ0v) is 19.3. The van der Waals surface area contributed by atoms with Gasteiger partial charge in [-0.1, -0.05) is 25.1 Å². The van der Waals surface area contributed by atoms with Crippen molar-refractivity contribution >= 4 is 27.6 Å². The van der Waals surface area contributed by atoms with E-state index in [1.807, 2.05) is 19.1 Å². The number of sulfonamides is 1. The summed E-state index contributed by atoms with van der Waals surface area (Å²) in [6, 6.07) is 10.8. The van der Waals surface area contributed by atoms with Crippen LogP contribution < -0.4 is 5.32 Å². The maximum absolute atomic E-state index is 12.9. The zero-order chi connectivity index (χ0) is 24.9. The SMILES string of the molecule is CCc1ccc(NC(=O)COC(=O)C2CCN(S(=O)(=O)c3cccc(C(F)(F)F)c3)CC2)cc1. The number of halogens is 3. The van der Waals surface area contributed by atoms with Crippen molar-refractivity contribution in [3.05, 3.63) is 59.7 Å². The first-order valence-electron chi connectivity index (χ1n) is 10.7. The van der Waals surface area contributed by atoms with E-state index in [4.69, 9.17) is 4.74 Å². The highest BCUT2D eigenvalue weighted by molar-refractivity contribution is 7.89. The molecule has 0 unspecified atom stereocenters. The number of hydrogen-bond acceptors (Lipinski definition) is 5. The fraction of sp³-hybridized carbons (Fsp3) is 0.391. The number of rotatable bonds is 7. The Morgan fingerprint density at radius 3 is 2.32 bits per heavy atom. The van der Waals surface area contributed by atoms with Crippen molar-refractivity contribution < 1.29 is 35.9 Å². The first-order chi connectivity index (χ1) is 16.0. The van der Waals surface area contributed by atoms with Gasteiger partial charge in [0.1, 0.15) is 0 Å². The van der Waals surface area contributed by atoms with E-state index in [1.165, 1.54) is 0 Å². The summed E-state index contributed by atoms with van der Waals surface area (Å²) in [5, 5.41) is 2.63. The fourth-order valence-electron chi connectivity index (χ4n) is 3.59. The fourth-order valence-corrected chi connectivity index (χ4v) is 5.11. The maximum atomic E-state index is 12.9. The second-order valence-electron chi connectivity index (χ2n) is 7.91. The van der Waals surface area contributed by atoms with Crippen molar-refractivity contribution in [1.82, 2.24) is 4.31 Å². The van der Waals surface area contributed by atoms with Gasteiger partial charge in [0.05, 0.1) is 16.4 Å². The van der Waals surface area contributed by atoms with Gasteiger partial charge in [0.25, 0.3) is 5.91 Å². The number of amides is 1. The van der Waals surface area contributed by atoms with Crippen LogP contribution in [0.4, 0.5) is 18.9 Å². The Balaban J connectivity index is 1.51. The lowest BCUT2D eigenvalue weighted by molar-refractivity contribution is -0.152. The Hall–Kier alpha value is -2.92. The normalized spacial score (nSPS) is 15.6. The summed E-state index contributed by atoms with van der Waals surface area (Å²) in [4.78, 5) is 23.9. The number of carbonyl (C=O) groups is 2. The molecular weight excluding hydrogens is 473 g/mol. The Kier molecular flexibility index (Phi) is 7.98. The van der Waals surface area contributed by atoms with Crippen LogP contribution in [0.25, 0.3) is 0 Å². The van der Waals surface area contributed by atoms with Crippen LogP contribution in [0.15, 0.2) is 53.4 Å². The van der Waals surface area contributed by atoms with Crippen LogP contribution in [0, 0.1) is 5.92 Å². The average Bonchev–Trinajstić information content (AvgIpc) is 2.82. The Morgan fingerprint density at radius 2 is 1.74 bits per heavy atom. The van der Waals surface area contributed by atoms with Gasteiger partial charge in [-0.15, -0.1) is 0 Å². The second-order valence-corrected chi connectivity index (χ2v) is 9.85. The molecule has 0 aromatic heterocycles. The van der Waals surface area contributed by atoms with E-state index in [9.17, 15) is 31.2 Å². The van der Waals surface area contributed by atoms with Crippen LogP contribution in [0.1, 0.15) is 30.9 Å². The summed E-state index contributed by atoms with van der Waals surface area (Å²) >= 11 is 0. The van der Waals surface area contributed by atoms with Gasteiger partial charge in [-0.05, 0) is 55.2 Å². The minimum atomic E-state index is -4.66. The van der Waals surface area contributed by atoms with E-state index in [0.717, 1.165) is 34.5 Å². The van der Waals surface area contributed by atoms with Gasteiger partial charge in [0.15, 0.2) is 6.61 Å². The minimum absolute atomic E-state index is 0.0473. The summed E-state index contributed by atoms with van der Waals surface area (Å²) in [5.41, 5.74) is 0.642. The van der Waals surface area contributed by atoms with E-state index in [2.05, 4.69) is 5.32 Å². The van der Waals surface area contributed by atoms with Gasteiger partial charge in [0, 0.05) is 18.8 Å². The van der Waals surface area contributed by atoms with Crippen molar-refractivity contribution in [2.45, 2.75) is 37.3 Å². The molecule has 184 valence electrons. The van der Waals surface area contributed by atoms with Crippen molar-refractivity contribution in [2.75, 3.05) is 25.0 Å². The number of nitrogens with one attached hydrogen (secondary N) is 1. The molecule has 7 nitrogen and oxygen atoms in total. The van der Waals surface area contributed by atoms with Crippen LogP contribution in [-0.4, -0.2) is 44.3 Å². The minimum Gasteiger partial charge on any atom is -0.455 e. The Morgan fingerprint density at radius 1 is 1.09 bits per heavy atom. The lowest BCUT2D eigenvalue weighted by Gasteiger charge is -2.30. The molecule has 2 aromatic rings. The highest BCUT2D eigenvalue weighted by atomic mass is 32.2. The monoisotopic (exact) mass is 498 g/mol. The van der Waals surface area contributed by atoms with Crippen LogP contribution in [0.5, 0.6) is 0 Å². The molecule has 1 N–H and O–H groups in total. The number of hydrogen-bond donors (Lipinski definition) is 1. The number of alkyl halides is 3. The second kappa shape index (κ2) is 10.6.